The Morgan fingerprint density at radius 3 is 2.67 bits per heavy atom. The zero-order valence-corrected chi connectivity index (χ0v) is 20.5. The maximum atomic E-state index is 13.5. The second kappa shape index (κ2) is 10.3. The van der Waals surface area contributed by atoms with Gasteiger partial charge < -0.3 is 4.90 Å². The summed E-state index contributed by atoms with van der Waals surface area (Å²) in [4.78, 5) is 23.7. The molecule has 2 heterocycles. The highest BCUT2D eigenvalue weighted by Crippen LogP contribution is 2.26. The number of nitrogens with zero attached hydrogens (tertiary/aromatic N) is 6. The molecule has 0 N–H and O–H groups in total. The number of carbonyl (C=O) groups is 1. The van der Waals surface area contributed by atoms with Gasteiger partial charge in [-0.25, -0.2) is 18.4 Å². The van der Waals surface area contributed by atoms with Crippen molar-refractivity contribution in [3.63, 3.8) is 0 Å². The molecule has 0 radical (unpaired) electrons. The first-order valence-electron chi connectivity index (χ1n) is 9.72. The summed E-state index contributed by atoms with van der Waals surface area (Å²) in [6, 6.07) is 8.85. The van der Waals surface area contributed by atoms with E-state index in [1.165, 1.54) is 35.4 Å². The third-order valence-corrected chi connectivity index (χ3v) is 6.75. The van der Waals surface area contributed by atoms with Crippen LogP contribution >= 0.6 is 23.4 Å². The summed E-state index contributed by atoms with van der Waals surface area (Å²) in [5, 5.41) is 13.4. The molecule has 9 nitrogen and oxygen atoms in total. The molecular formula is C21H21ClN6O3S2. The number of hydrogen-bond acceptors (Lipinski definition) is 8. The third-order valence-electron chi connectivity index (χ3n) is 4.85. The largest absolute Gasteiger partial charge is 0.328 e. The molecule has 33 heavy (non-hydrogen) atoms. The second-order valence-corrected chi connectivity index (χ2v) is 10.6. The van der Waals surface area contributed by atoms with E-state index in [4.69, 9.17) is 16.9 Å². The Labute approximate surface area is 201 Å². The first-order chi connectivity index (χ1) is 15.7. The van der Waals surface area contributed by atoms with E-state index in [1.807, 2.05) is 19.2 Å². The Kier molecular flexibility index (Phi) is 7.73. The molecule has 2 aromatic heterocycles. The number of benzene rings is 1. The van der Waals surface area contributed by atoms with Crippen LogP contribution in [0.2, 0.25) is 5.02 Å². The van der Waals surface area contributed by atoms with Gasteiger partial charge in [-0.15, -0.1) is 0 Å². The number of sulfone groups is 1. The summed E-state index contributed by atoms with van der Waals surface area (Å²) in [6.45, 7) is 2.19. The Bertz CT molecular complexity index is 1300. The van der Waals surface area contributed by atoms with Crippen LogP contribution in [-0.4, -0.2) is 63.8 Å². The molecular weight excluding hydrogens is 484 g/mol. The summed E-state index contributed by atoms with van der Waals surface area (Å²) in [6.07, 6.45) is 5.79. The Morgan fingerprint density at radius 1 is 1.30 bits per heavy atom. The topological polar surface area (TPSA) is 122 Å². The van der Waals surface area contributed by atoms with Gasteiger partial charge >= 0.3 is 0 Å². The molecule has 1 unspecified atom stereocenters. The molecule has 3 aromatic rings. The van der Waals surface area contributed by atoms with Gasteiger partial charge in [-0.3, -0.25) is 4.79 Å². The van der Waals surface area contributed by atoms with E-state index >= 15 is 0 Å². The molecule has 12 heteroatoms. The summed E-state index contributed by atoms with van der Waals surface area (Å²) in [5.41, 5.74) is 0.575. The van der Waals surface area contributed by atoms with E-state index in [2.05, 4.69) is 15.1 Å². The first-order valence-corrected chi connectivity index (χ1v) is 13.4. The molecule has 0 saturated heterocycles. The van der Waals surface area contributed by atoms with Gasteiger partial charge in [0, 0.05) is 35.3 Å². The van der Waals surface area contributed by atoms with Gasteiger partial charge in [0.25, 0.3) is 5.91 Å². The van der Waals surface area contributed by atoms with E-state index in [1.54, 1.807) is 28.8 Å². The van der Waals surface area contributed by atoms with Crippen molar-refractivity contribution in [3.8, 4) is 11.9 Å². The van der Waals surface area contributed by atoms with Crippen LogP contribution in [0.3, 0.4) is 0 Å². The SMILES string of the molecule is CSCCN(C(=O)c1cc(Cl)cc(S(C)(=O)=O)c1)C(C)c1ncnn1-c1ccc(C#N)cn1. The van der Waals surface area contributed by atoms with Crippen LogP contribution in [0.1, 0.15) is 34.7 Å². The van der Waals surface area contributed by atoms with Gasteiger partial charge in [0.15, 0.2) is 21.5 Å². The number of nitriles is 1. The molecule has 0 aliphatic carbocycles. The Hall–Kier alpha value is -2.94. The normalized spacial score (nSPS) is 12.2. The zero-order chi connectivity index (χ0) is 24.2. The predicted octanol–water partition coefficient (Wildman–Crippen LogP) is 3.16. The van der Waals surface area contributed by atoms with Crippen LogP contribution in [0, 0.1) is 11.3 Å². The molecule has 0 spiro atoms. The van der Waals surface area contributed by atoms with Gasteiger partial charge in [-0.05, 0) is 43.5 Å². The summed E-state index contributed by atoms with van der Waals surface area (Å²) in [5.74, 6) is 1.18. The molecule has 3 rings (SSSR count). The van der Waals surface area contributed by atoms with Crippen LogP contribution in [0.4, 0.5) is 0 Å². The lowest BCUT2D eigenvalue weighted by atomic mass is 10.1. The molecule has 0 aliphatic heterocycles. The fourth-order valence-electron chi connectivity index (χ4n) is 3.16. The standard InChI is InChI=1S/C21H21ClN6O3S2/c1-14(20-25-13-26-28(20)19-5-4-15(11-23)12-24-19)27(6-7-32-2)21(29)16-8-17(22)10-18(9-16)33(3,30)31/h4-5,8-10,12-14H,6-7H2,1-3H3. The minimum atomic E-state index is -3.55. The molecule has 1 aromatic carbocycles. The number of pyridine rings is 1. The van der Waals surface area contributed by atoms with Crippen molar-refractivity contribution in [2.45, 2.75) is 17.9 Å². The number of hydrogen-bond donors (Lipinski definition) is 0. The lowest BCUT2D eigenvalue weighted by Gasteiger charge is -2.29. The number of aromatic nitrogens is 4. The Morgan fingerprint density at radius 2 is 2.06 bits per heavy atom. The van der Waals surface area contributed by atoms with Crippen molar-refractivity contribution in [2.75, 3.05) is 24.8 Å². The van der Waals surface area contributed by atoms with Crippen LogP contribution in [0.25, 0.3) is 5.82 Å². The van der Waals surface area contributed by atoms with Crippen molar-refractivity contribution in [3.05, 3.63) is 64.8 Å². The van der Waals surface area contributed by atoms with Crippen molar-refractivity contribution >= 4 is 39.1 Å². The summed E-state index contributed by atoms with van der Waals surface area (Å²) < 4.78 is 25.6. The number of carbonyl (C=O) groups excluding carboxylic acids is 1. The monoisotopic (exact) mass is 504 g/mol. The molecule has 0 saturated carbocycles. The molecule has 0 fully saturated rings. The van der Waals surface area contributed by atoms with Gasteiger partial charge in [0.05, 0.1) is 16.5 Å². The van der Waals surface area contributed by atoms with Crippen LogP contribution in [-0.2, 0) is 9.84 Å². The van der Waals surface area contributed by atoms with Crippen molar-refractivity contribution in [2.24, 2.45) is 0 Å². The van der Waals surface area contributed by atoms with E-state index in [9.17, 15) is 13.2 Å². The zero-order valence-electron chi connectivity index (χ0n) is 18.1. The van der Waals surface area contributed by atoms with E-state index < -0.39 is 15.9 Å². The van der Waals surface area contributed by atoms with Crippen molar-refractivity contribution in [1.29, 1.82) is 5.26 Å². The number of amides is 1. The third kappa shape index (κ3) is 5.71. The fraction of sp³-hybridized carbons (Fsp3) is 0.286. The molecule has 0 aliphatic rings. The lowest BCUT2D eigenvalue weighted by molar-refractivity contribution is 0.0695. The maximum Gasteiger partial charge on any atom is 0.254 e. The number of thioether (sulfide) groups is 1. The molecule has 1 amide bonds. The van der Waals surface area contributed by atoms with Crippen LogP contribution in [0.5, 0.6) is 0 Å². The Balaban J connectivity index is 2.01. The van der Waals surface area contributed by atoms with Gasteiger partial charge in [-0.2, -0.15) is 26.8 Å². The summed E-state index contributed by atoms with van der Waals surface area (Å²) >= 11 is 7.69. The number of rotatable bonds is 8. The molecule has 172 valence electrons. The van der Waals surface area contributed by atoms with Crippen molar-refractivity contribution < 1.29 is 13.2 Å². The minimum Gasteiger partial charge on any atom is -0.328 e. The maximum absolute atomic E-state index is 13.5. The summed E-state index contributed by atoms with van der Waals surface area (Å²) in [7, 11) is -3.55. The average molecular weight is 505 g/mol. The highest BCUT2D eigenvalue weighted by molar-refractivity contribution is 7.98. The highest BCUT2D eigenvalue weighted by atomic mass is 35.5. The van der Waals surface area contributed by atoms with Gasteiger partial charge in [0.1, 0.15) is 12.4 Å². The predicted molar refractivity (Wildman–Crippen MR) is 126 cm³/mol. The van der Waals surface area contributed by atoms with Gasteiger partial charge in [-0.1, -0.05) is 11.6 Å². The van der Waals surface area contributed by atoms with Gasteiger partial charge in [0.2, 0.25) is 0 Å². The average Bonchev–Trinajstić information content (AvgIpc) is 3.28. The number of halogens is 1. The van der Waals surface area contributed by atoms with E-state index in [0.29, 0.717) is 29.5 Å². The van der Waals surface area contributed by atoms with E-state index in [-0.39, 0.29) is 21.4 Å². The van der Waals surface area contributed by atoms with E-state index in [0.717, 1.165) is 6.26 Å². The first kappa shape index (κ1) is 24.7. The van der Waals surface area contributed by atoms with Crippen LogP contribution < -0.4 is 0 Å². The highest BCUT2D eigenvalue weighted by Gasteiger charge is 2.28. The molecule has 0 bridgehead atoms. The molecule has 1 atom stereocenters. The lowest BCUT2D eigenvalue weighted by Crippen LogP contribution is -2.37. The second-order valence-electron chi connectivity index (χ2n) is 7.16. The minimum absolute atomic E-state index is 0.0271. The van der Waals surface area contributed by atoms with Crippen LogP contribution in [0.15, 0.2) is 47.8 Å². The fourth-order valence-corrected chi connectivity index (χ4v) is 4.52. The smallest absolute Gasteiger partial charge is 0.254 e. The quantitative estimate of drug-likeness (QED) is 0.458. The van der Waals surface area contributed by atoms with Crippen molar-refractivity contribution in [1.82, 2.24) is 24.6 Å².